The SMILES string of the molecule is O=C1C(=Cc2ccco2)SC(=S)N1Cc1ccc2c(c1)OCO2. The summed E-state index contributed by atoms with van der Waals surface area (Å²) in [5.41, 5.74) is 0.935. The van der Waals surface area contributed by atoms with Crippen molar-refractivity contribution >= 4 is 40.3 Å². The van der Waals surface area contributed by atoms with E-state index in [1.54, 1.807) is 29.4 Å². The molecule has 7 heteroatoms. The Kier molecular flexibility index (Phi) is 3.59. The van der Waals surface area contributed by atoms with Gasteiger partial charge < -0.3 is 13.9 Å². The van der Waals surface area contributed by atoms with Crippen molar-refractivity contribution in [1.82, 2.24) is 4.90 Å². The number of fused-ring (bicyclic) bond motifs is 1. The van der Waals surface area contributed by atoms with Gasteiger partial charge in [0.2, 0.25) is 6.79 Å². The highest BCUT2D eigenvalue weighted by atomic mass is 32.2. The monoisotopic (exact) mass is 345 g/mol. The van der Waals surface area contributed by atoms with Gasteiger partial charge in [-0.05, 0) is 29.8 Å². The molecule has 0 atom stereocenters. The molecule has 1 aromatic carbocycles. The zero-order valence-electron chi connectivity index (χ0n) is 11.9. The van der Waals surface area contributed by atoms with E-state index in [0.717, 1.165) is 11.3 Å². The number of ether oxygens (including phenoxy) is 2. The van der Waals surface area contributed by atoms with Crippen LogP contribution in [0.5, 0.6) is 11.5 Å². The Labute approximate surface area is 141 Å². The van der Waals surface area contributed by atoms with Crippen molar-refractivity contribution in [2.24, 2.45) is 0 Å². The van der Waals surface area contributed by atoms with E-state index in [1.807, 2.05) is 18.2 Å². The predicted octanol–water partition coefficient (Wildman–Crippen LogP) is 3.41. The van der Waals surface area contributed by atoms with Crippen LogP contribution < -0.4 is 9.47 Å². The molecule has 2 aromatic rings. The highest BCUT2D eigenvalue weighted by molar-refractivity contribution is 8.26. The Morgan fingerprint density at radius 2 is 2.13 bits per heavy atom. The Morgan fingerprint density at radius 1 is 1.26 bits per heavy atom. The summed E-state index contributed by atoms with van der Waals surface area (Å²) in [5.74, 6) is 1.93. The average Bonchev–Trinajstić information content (AvgIpc) is 3.25. The maximum absolute atomic E-state index is 12.5. The molecule has 3 heterocycles. The van der Waals surface area contributed by atoms with Crippen LogP contribution in [0.15, 0.2) is 45.9 Å². The molecule has 0 radical (unpaired) electrons. The van der Waals surface area contributed by atoms with E-state index in [-0.39, 0.29) is 12.7 Å². The van der Waals surface area contributed by atoms with Crippen LogP contribution in [0.25, 0.3) is 6.08 Å². The molecule has 0 N–H and O–H groups in total. The fourth-order valence-corrected chi connectivity index (χ4v) is 3.60. The standard InChI is InChI=1S/C16H11NO4S2/c18-15-14(7-11-2-1-5-19-11)23-16(22)17(15)8-10-3-4-12-13(6-10)21-9-20-12/h1-7H,8-9H2. The number of benzene rings is 1. The van der Waals surface area contributed by atoms with Gasteiger partial charge in [0.25, 0.3) is 5.91 Å². The summed E-state index contributed by atoms with van der Waals surface area (Å²) < 4.78 is 16.4. The fraction of sp³-hybridized carbons (Fsp3) is 0.125. The van der Waals surface area contributed by atoms with Crippen molar-refractivity contribution in [1.29, 1.82) is 0 Å². The number of thiocarbonyl (C=S) groups is 1. The molecule has 0 spiro atoms. The van der Waals surface area contributed by atoms with Gasteiger partial charge in [0.1, 0.15) is 10.1 Å². The first kappa shape index (κ1) is 14.3. The highest BCUT2D eigenvalue weighted by Gasteiger charge is 2.32. The first-order valence-electron chi connectivity index (χ1n) is 6.88. The molecular formula is C16H11NO4S2. The number of hydrogen-bond acceptors (Lipinski definition) is 6. The summed E-state index contributed by atoms with van der Waals surface area (Å²) in [5, 5.41) is 0. The average molecular weight is 345 g/mol. The second-order valence-electron chi connectivity index (χ2n) is 4.97. The lowest BCUT2D eigenvalue weighted by Gasteiger charge is -2.14. The smallest absolute Gasteiger partial charge is 0.266 e. The topological polar surface area (TPSA) is 51.9 Å². The number of furan rings is 1. The van der Waals surface area contributed by atoms with E-state index < -0.39 is 0 Å². The second-order valence-corrected chi connectivity index (χ2v) is 6.65. The zero-order chi connectivity index (χ0) is 15.8. The molecular weight excluding hydrogens is 334 g/mol. The lowest BCUT2D eigenvalue weighted by molar-refractivity contribution is -0.122. The van der Waals surface area contributed by atoms with Crippen LogP contribution in [-0.2, 0) is 11.3 Å². The van der Waals surface area contributed by atoms with Gasteiger partial charge in [-0.25, -0.2) is 0 Å². The van der Waals surface area contributed by atoms with E-state index in [1.165, 1.54) is 11.8 Å². The maximum atomic E-state index is 12.5. The van der Waals surface area contributed by atoms with Crippen LogP contribution in [0.4, 0.5) is 0 Å². The van der Waals surface area contributed by atoms with Gasteiger partial charge in [-0.2, -0.15) is 0 Å². The summed E-state index contributed by atoms with van der Waals surface area (Å²) in [6, 6.07) is 9.19. The number of hydrogen-bond donors (Lipinski definition) is 0. The molecule has 1 aromatic heterocycles. The third-order valence-electron chi connectivity index (χ3n) is 3.47. The first-order valence-corrected chi connectivity index (χ1v) is 8.10. The lowest BCUT2D eigenvalue weighted by Crippen LogP contribution is -2.27. The number of thioether (sulfide) groups is 1. The molecule has 1 amide bonds. The molecule has 5 nitrogen and oxygen atoms in total. The quantitative estimate of drug-likeness (QED) is 0.628. The van der Waals surface area contributed by atoms with E-state index in [2.05, 4.69) is 0 Å². The van der Waals surface area contributed by atoms with Gasteiger partial charge in [-0.3, -0.25) is 9.69 Å². The fourth-order valence-electron chi connectivity index (χ4n) is 2.36. The van der Waals surface area contributed by atoms with Gasteiger partial charge in [-0.1, -0.05) is 30.0 Å². The highest BCUT2D eigenvalue weighted by Crippen LogP contribution is 2.36. The van der Waals surface area contributed by atoms with Crippen LogP contribution in [0.2, 0.25) is 0 Å². The molecule has 1 saturated heterocycles. The third kappa shape index (κ3) is 2.73. The van der Waals surface area contributed by atoms with E-state index in [9.17, 15) is 4.79 Å². The Hall–Kier alpha value is -2.25. The van der Waals surface area contributed by atoms with Crippen LogP contribution in [0, 0.1) is 0 Å². The minimum absolute atomic E-state index is 0.117. The third-order valence-corrected chi connectivity index (χ3v) is 4.85. The summed E-state index contributed by atoms with van der Waals surface area (Å²) in [7, 11) is 0. The normalized spacial score (nSPS) is 18.3. The summed E-state index contributed by atoms with van der Waals surface area (Å²) in [6.07, 6.45) is 3.28. The molecule has 2 aliphatic heterocycles. The van der Waals surface area contributed by atoms with E-state index in [4.69, 9.17) is 26.1 Å². The molecule has 2 aliphatic rings. The van der Waals surface area contributed by atoms with Crippen molar-refractivity contribution < 1.29 is 18.7 Å². The lowest BCUT2D eigenvalue weighted by atomic mass is 10.2. The summed E-state index contributed by atoms with van der Waals surface area (Å²) in [6.45, 7) is 0.628. The minimum Gasteiger partial charge on any atom is -0.465 e. The first-order chi connectivity index (χ1) is 11.2. The van der Waals surface area contributed by atoms with Gasteiger partial charge >= 0.3 is 0 Å². The van der Waals surface area contributed by atoms with Gasteiger partial charge in [0, 0.05) is 6.08 Å². The molecule has 116 valence electrons. The van der Waals surface area contributed by atoms with Crippen molar-refractivity contribution in [3.63, 3.8) is 0 Å². The minimum atomic E-state index is -0.117. The van der Waals surface area contributed by atoms with Crippen molar-refractivity contribution in [2.75, 3.05) is 6.79 Å². The number of rotatable bonds is 3. The van der Waals surface area contributed by atoms with Crippen LogP contribution >= 0.6 is 24.0 Å². The van der Waals surface area contributed by atoms with Crippen LogP contribution in [0.3, 0.4) is 0 Å². The Bertz CT molecular complexity index is 813. The van der Waals surface area contributed by atoms with Gasteiger partial charge in [0.05, 0.1) is 17.7 Å². The van der Waals surface area contributed by atoms with Gasteiger partial charge in [0.15, 0.2) is 11.5 Å². The molecule has 0 bridgehead atoms. The molecule has 0 aliphatic carbocycles. The zero-order valence-corrected chi connectivity index (χ0v) is 13.5. The maximum Gasteiger partial charge on any atom is 0.266 e. The number of carbonyl (C=O) groups excluding carboxylic acids is 1. The van der Waals surface area contributed by atoms with Crippen LogP contribution in [-0.4, -0.2) is 21.9 Å². The second kappa shape index (κ2) is 5.75. The van der Waals surface area contributed by atoms with Crippen molar-refractivity contribution in [3.8, 4) is 11.5 Å². The number of carbonyl (C=O) groups is 1. The largest absolute Gasteiger partial charge is 0.465 e. The van der Waals surface area contributed by atoms with E-state index in [0.29, 0.717) is 27.3 Å². The van der Waals surface area contributed by atoms with Crippen molar-refractivity contribution in [2.45, 2.75) is 6.54 Å². The summed E-state index contributed by atoms with van der Waals surface area (Å²) in [4.78, 5) is 14.7. The van der Waals surface area contributed by atoms with Gasteiger partial charge in [-0.15, -0.1) is 0 Å². The molecule has 23 heavy (non-hydrogen) atoms. The molecule has 1 fully saturated rings. The number of nitrogens with zero attached hydrogens (tertiary/aromatic N) is 1. The summed E-state index contributed by atoms with van der Waals surface area (Å²) >= 11 is 6.61. The Balaban J connectivity index is 1.55. The predicted molar refractivity (Wildman–Crippen MR) is 90.0 cm³/mol. The van der Waals surface area contributed by atoms with Crippen LogP contribution in [0.1, 0.15) is 11.3 Å². The number of amides is 1. The molecule has 0 saturated carbocycles. The van der Waals surface area contributed by atoms with Crippen molar-refractivity contribution in [3.05, 3.63) is 52.8 Å². The Morgan fingerprint density at radius 3 is 2.96 bits per heavy atom. The van der Waals surface area contributed by atoms with E-state index >= 15 is 0 Å². The molecule has 0 unspecified atom stereocenters. The molecule has 4 rings (SSSR count).